The number of hydrogen-bond acceptors (Lipinski definition) is 13. The van der Waals surface area contributed by atoms with Crippen molar-refractivity contribution < 1.29 is 38.3 Å². The molecule has 130 heavy (non-hydrogen) atoms. The summed E-state index contributed by atoms with van der Waals surface area (Å²) in [6, 6.07) is 53.8. The Balaban J connectivity index is 0.000000204. The maximum Gasteiger partial charge on any atom is 0.253 e. The number of aryl methyl sites for hydroxylation is 2. The monoisotopic (exact) mass is 1760 g/mol. The average molecular weight is 1760 g/mol. The molecule has 7 aromatic rings. The largest absolute Gasteiger partial charge is 0.497 e. The van der Waals surface area contributed by atoms with Crippen molar-refractivity contribution in [2.24, 2.45) is 38.9 Å². The van der Waals surface area contributed by atoms with E-state index in [0.717, 1.165) is 152 Å². The summed E-state index contributed by atoms with van der Waals surface area (Å²) >= 11 is 0. The molecule has 5 heterocycles. The van der Waals surface area contributed by atoms with E-state index in [-0.39, 0.29) is 89.7 Å². The van der Waals surface area contributed by atoms with Gasteiger partial charge < -0.3 is 45.2 Å². The van der Waals surface area contributed by atoms with Crippen LogP contribution >= 0.6 is 0 Å². The molecule has 1 unspecified atom stereocenters. The van der Waals surface area contributed by atoms with Gasteiger partial charge in [0.1, 0.15) is 5.75 Å². The maximum absolute atomic E-state index is 13.7. The first-order valence-corrected chi connectivity index (χ1v) is 47.4. The Morgan fingerprint density at radius 3 is 1.23 bits per heavy atom. The van der Waals surface area contributed by atoms with Crippen molar-refractivity contribution in [2.45, 2.75) is 272 Å². The van der Waals surface area contributed by atoms with Crippen molar-refractivity contribution in [2.75, 3.05) is 77.0 Å². The number of rotatable bonds is 26. The summed E-state index contributed by atoms with van der Waals surface area (Å²) in [5.41, 5.74) is 16.4. The lowest BCUT2D eigenvalue weighted by atomic mass is 9.76. The summed E-state index contributed by atoms with van der Waals surface area (Å²) in [5.74, 6) is 0.169. The van der Waals surface area contributed by atoms with Gasteiger partial charge in [-0.2, -0.15) is 0 Å². The minimum absolute atomic E-state index is 0.0209. The van der Waals surface area contributed by atoms with E-state index in [2.05, 4.69) is 299 Å². The molecule has 0 radical (unpaired) electrons. The summed E-state index contributed by atoms with van der Waals surface area (Å²) in [4.78, 5) is 106. The Hall–Kier alpha value is -10.9. The van der Waals surface area contributed by atoms with E-state index in [9.17, 15) is 33.6 Å². The van der Waals surface area contributed by atoms with Crippen LogP contribution in [0.3, 0.4) is 0 Å². The second-order valence-corrected chi connectivity index (χ2v) is 44.7. The van der Waals surface area contributed by atoms with Gasteiger partial charge in [0, 0.05) is 162 Å². The fourth-order valence-electron chi connectivity index (χ4n) is 17.5. The van der Waals surface area contributed by atoms with Crippen molar-refractivity contribution in [3.63, 3.8) is 0 Å². The zero-order valence-electron chi connectivity index (χ0n) is 83.7. The lowest BCUT2D eigenvalue weighted by Gasteiger charge is -2.43. The molecule has 0 aromatic heterocycles. The molecule has 12 rings (SSSR count). The highest BCUT2D eigenvalue weighted by atomic mass is 16.5. The second-order valence-electron chi connectivity index (χ2n) is 44.7. The van der Waals surface area contributed by atoms with Gasteiger partial charge in [0.05, 0.1) is 13.0 Å². The molecule has 5 aliphatic heterocycles. The van der Waals surface area contributed by atoms with Crippen LogP contribution in [0.15, 0.2) is 223 Å². The van der Waals surface area contributed by atoms with E-state index in [0.29, 0.717) is 59.9 Å². The smallest absolute Gasteiger partial charge is 0.253 e. The van der Waals surface area contributed by atoms with Crippen LogP contribution in [0.25, 0.3) is 0 Å². The fourth-order valence-corrected chi connectivity index (χ4v) is 17.5. The van der Waals surface area contributed by atoms with E-state index in [1.807, 2.05) is 92.3 Å². The van der Waals surface area contributed by atoms with Gasteiger partial charge in [0.25, 0.3) is 17.7 Å². The number of amides is 3. The van der Waals surface area contributed by atoms with Gasteiger partial charge in [-0.15, -0.1) is 0 Å². The second kappa shape index (κ2) is 41.3. The summed E-state index contributed by atoms with van der Waals surface area (Å²) in [6.45, 7) is 61.5. The SMILES string of the molecule is CC1(C)CCN(c2ccc(C(C)(C)C)cc2)C=C1C(=O)Cc1ccc(NC(=O)C2=CN(c3ccc(C(C)(C)C)cc3)CCC2(C)C)cc1.COc1ccc(C(=O)C(CCCCCC(=O)C2=CN(CC(C)C)CCC2(C)C)C(=O)c2ccc(C(C)(C)C)cc2)cc1.Cc1ccc(N2C=C(C(=O)Nc3ccc(C)c(NC(=O)C4=CN(C(C)(C)C)CCC4(C)C)c3)C(C)(C)CC2)cc1. The Labute approximate surface area is 779 Å². The van der Waals surface area contributed by atoms with E-state index < -0.39 is 5.92 Å². The van der Waals surface area contributed by atoms with Gasteiger partial charge in [-0.25, -0.2) is 0 Å². The van der Waals surface area contributed by atoms with Crippen LogP contribution < -0.4 is 35.4 Å². The quantitative estimate of drug-likeness (QED) is 0.0265. The number of anilines is 6. The van der Waals surface area contributed by atoms with Gasteiger partial charge in [-0.3, -0.25) is 33.6 Å². The minimum atomic E-state index is -0.765. The van der Waals surface area contributed by atoms with Crippen molar-refractivity contribution in [1.29, 1.82) is 0 Å². The fraction of sp³-hybridized carbons (Fsp3) is 0.482. The van der Waals surface area contributed by atoms with Crippen molar-refractivity contribution >= 4 is 75.0 Å². The summed E-state index contributed by atoms with van der Waals surface area (Å²) < 4.78 is 5.24. The number of ketones is 4. The van der Waals surface area contributed by atoms with Crippen LogP contribution in [0, 0.1) is 52.8 Å². The van der Waals surface area contributed by atoms with Gasteiger partial charge >= 0.3 is 0 Å². The lowest BCUT2D eigenvalue weighted by Crippen LogP contribution is -2.45. The van der Waals surface area contributed by atoms with Crippen LogP contribution in [-0.4, -0.2) is 103 Å². The van der Waals surface area contributed by atoms with Crippen LogP contribution in [-0.2, 0) is 46.6 Å². The highest BCUT2D eigenvalue weighted by Crippen LogP contribution is 2.44. The zero-order valence-corrected chi connectivity index (χ0v) is 83.7. The number of hydrogen-bond donors (Lipinski definition) is 3. The molecule has 3 N–H and O–H groups in total. The van der Waals surface area contributed by atoms with Crippen LogP contribution in [0.5, 0.6) is 5.75 Å². The van der Waals surface area contributed by atoms with Crippen molar-refractivity contribution in [3.8, 4) is 5.75 Å². The van der Waals surface area contributed by atoms with Crippen molar-refractivity contribution in [3.05, 3.63) is 267 Å². The van der Waals surface area contributed by atoms with E-state index in [1.165, 1.54) is 16.7 Å². The number of benzene rings is 7. The highest BCUT2D eigenvalue weighted by Gasteiger charge is 2.41. The molecule has 16 heteroatoms. The molecule has 0 spiro atoms. The van der Waals surface area contributed by atoms with Crippen LogP contribution in [0.1, 0.15) is 284 Å². The summed E-state index contributed by atoms with van der Waals surface area (Å²) in [5, 5.41) is 9.37. The topological polar surface area (TPSA) is 181 Å². The van der Waals surface area contributed by atoms with Gasteiger partial charge in [0.2, 0.25) is 0 Å². The lowest BCUT2D eigenvalue weighted by molar-refractivity contribution is -0.117. The Morgan fingerprint density at radius 2 is 0.785 bits per heavy atom. The molecule has 5 aliphatic rings. The number of allylic oxidation sites excluding steroid dienone is 2. The average Bonchev–Trinajstić information content (AvgIpc) is 0.753. The minimum Gasteiger partial charge on any atom is -0.497 e. The summed E-state index contributed by atoms with van der Waals surface area (Å²) in [6.07, 6.45) is 18.2. The molecule has 1 atom stereocenters. The molecule has 0 fully saturated rings. The standard InChI is InChI=1S/C43H55N3O2.C37H51NO4.C34H46N4O2/c1-40(2,3)31-13-19-34(20-14-31)45-25-23-42(7,8)36(28-45)38(47)27-30-11-17-33(18-12-30)44-39(48)37-29-46(26-24-43(37,9)10)35-21-15-32(16-22-35)41(4,5)6;1-26(2)24-38-23-22-37(6,7)32(25-38)33(39)13-11-9-10-12-31(35(41)28-16-20-30(42-8)21-17-28)34(40)27-14-18-29(19-15-27)36(3,4)5;1-23-10-14-26(15-11-23)37-18-16-33(6,7)27(21-37)30(39)35-25-13-12-24(2)29(20-25)36-31(40)28-22-38(32(3,4)5)19-17-34(28,8)9/h11-22,28-29H,23-27H2,1-10H3,(H,44,48);14-21,25-26,31H,9-13,22-24H2,1-8H3;10-15,20-22H,16-19H2,1-9H3,(H,35,39)(H,36,40). The first-order chi connectivity index (χ1) is 60.6. The number of unbranched alkanes of at least 4 members (excludes halogenated alkanes) is 2. The molecule has 0 aliphatic carbocycles. The number of methoxy groups -OCH3 is 1. The molecule has 7 aromatic carbocycles. The third kappa shape index (κ3) is 26.5. The van der Waals surface area contributed by atoms with E-state index >= 15 is 0 Å². The van der Waals surface area contributed by atoms with Gasteiger partial charge in [-0.1, -0.05) is 243 Å². The molecule has 3 amide bonds. The zero-order chi connectivity index (χ0) is 95.6. The highest BCUT2D eigenvalue weighted by molar-refractivity contribution is 6.16. The van der Waals surface area contributed by atoms with E-state index in [4.69, 9.17) is 4.74 Å². The van der Waals surface area contributed by atoms with Crippen LogP contribution in [0.4, 0.5) is 34.1 Å². The first-order valence-electron chi connectivity index (χ1n) is 47.4. The first kappa shape index (κ1) is 101. The van der Waals surface area contributed by atoms with E-state index in [1.54, 1.807) is 31.4 Å². The summed E-state index contributed by atoms with van der Waals surface area (Å²) in [7, 11) is 1.59. The molecular formula is C114H152N8O8. The molecule has 0 bridgehead atoms. The number of nitrogens with one attached hydrogen (secondary N) is 3. The number of nitrogens with zero attached hydrogens (tertiary/aromatic N) is 5. The van der Waals surface area contributed by atoms with Crippen molar-refractivity contribution in [1.82, 2.24) is 9.80 Å². The third-order valence-corrected chi connectivity index (χ3v) is 27.1. The Bertz CT molecular complexity index is 5210. The number of carbonyl (C=O) groups is 7. The molecule has 0 saturated heterocycles. The molecule has 696 valence electrons. The van der Waals surface area contributed by atoms with Gasteiger partial charge in [0.15, 0.2) is 23.1 Å². The normalized spacial score (nSPS) is 17.4. The Morgan fingerprint density at radius 1 is 0.400 bits per heavy atom. The molecule has 0 saturated carbocycles. The number of Topliss-reactive ketones (excluding diaryl/α,β-unsaturated/α-hetero) is 4. The number of carbonyl (C=O) groups excluding carboxylic acids is 7. The predicted octanol–water partition coefficient (Wildman–Crippen LogP) is 25.9. The third-order valence-electron chi connectivity index (χ3n) is 27.1. The van der Waals surface area contributed by atoms with Gasteiger partial charge in [-0.05, 0) is 242 Å². The van der Waals surface area contributed by atoms with Crippen LogP contribution in [0.2, 0.25) is 0 Å². The molecular weight excluding hydrogens is 1610 g/mol. The Kier molecular flexibility index (Phi) is 32.2. The maximum atomic E-state index is 13.7. The molecule has 16 nitrogen and oxygen atoms in total. The predicted molar refractivity (Wildman–Crippen MR) is 539 cm³/mol. The number of ether oxygens (including phenoxy) is 1.